The SMILES string of the molecule is CN(c1ccccc1)c1ccccc1NC(=O)NC[C@H]([C@@H]1CCOC1)N1CCCC1. The van der Waals surface area contributed by atoms with E-state index in [1.165, 1.54) is 12.8 Å². The van der Waals surface area contributed by atoms with Gasteiger partial charge < -0.3 is 20.3 Å². The van der Waals surface area contributed by atoms with Crippen LogP contribution < -0.4 is 15.5 Å². The second kappa shape index (κ2) is 9.96. The lowest BCUT2D eigenvalue weighted by Crippen LogP contribution is -2.48. The highest BCUT2D eigenvalue weighted by atomic mass is 16.5. The molecule has 2 aliphatic rings. The van der Waals surface area contributed by atoms with E-state index in [-0.39, 0.29) is 6.03 Å². The summed E-state index contributed by atoms with van der Waals surface area (Å²) >= 11 is 0. The molecule has 0 unspecified atom stereocenters. The lowest BCUT2D eigenvalue weighted by atomic mass is 9.97. The number of benzene rings is 2. The molecule has 4 rings (SSSR count). The number of carbonyl (C=O) groups is 1. The van der Waals surface area contributed by atoms with E-state index in [1.54, 1.807) is 0 Å². The lowest BCUT2D eigenvalue weighted by molar-refractivity contribution is 0.135. The molecular weight excluding hydrogens is 376 g/mol. The monoisotopic (exact) mass is 408 g/mol. The number of nitrogens with zero attached hydrogens (tertiary/aromatic N) is 2. The third-order valence-corrected chi connectivity index (χ3v) is 6.25. The molecule has 2 N–H and O–H groups in total. The third kappa shape index (κ3) is 4.94. The maximum absolute atomic E-state index is 12.8. The first kappa shape index (κ1) is 20.7. The molecule has 0 aromatic heterocycles. The zero-order valence-corrected chi connectivity index (χ0v) is 17.7. The maximum Gasteiger partial charge on any atom is 0.319 e. The predicted octanol–water partition coefficient (Wildman–Crippen LogP) is 4.08. The zero-order valence-electron chi connectivity index (χ0n) is 17.7. The number of likely N-dealkylation sites (tertiary alicyclic amines) is 1. The summed E-state index contributed by atoms with van der Waals surface area (Å²) in [6.07, 6.45) is 3.57. The fourth-order valence-corrected chi connectivity index (χ4v) is 4.55. The summed E-state index contributed by atoms with van der Waals surface area (Å²) in [5, 5.41) is 6.18. The number of amides is 2. The summed E-state index contributed by atoms with van der Waals surface area (Å²) in [6, 6.07) is 18.2. The number of hydrogen-bond acceptors (Lipinski definition) is 4. The van der Waals surface area contributed by atoms with Crippen LogP contribution >= 0.6 is 0 Å². The second-order valence-corrected chi connectivity index (χ2v) is 8.18. The highest BCUT2D eigenvalue weighted by molar-refractivity contribution is 5.94. The average molecular weight is 409 g/mol. The predicted molar refractivity (Wildman–Crippen MR) is 121 cm³/mol. The molecule has 0 radical (unpaired) electrons. The van der Waals surface area contributed by atoms with Crippen molar-refractivity contribution in [2.45, 2.75) is 25.3 Å². The molecule has 30 heavy (non-hydrogen) atoms. The van der Waals surface area contributed by atoms with Crippen molar-refractivity contribution in [1.29, 1.82) is 0 Å². The summed E-state index contributed by atoms with van der Waals surface area (Å²) in [7, 11) is 2.01. The van der Waals surface area contributed by atoms with Crippen molar-refractivity contribution in [1.82, 2.24) is 10.2 Å². The molecule has 2 heterocycles. The quantitative estimate of drug-likeness (QED) is 0.725. The van der Waals surface area contributed by atoms with Crippen molar-refractivity contribution >= 4 is 23.1 Å². The number of rotatable bonds is 7. The van der Waals surface area contributed by atoms with Crippen LogP contribution in [-0.2, 0) is 4.74 Å². The number of nitrogens with one attached hydrogen (secondary N) is 2. The van der Waals surface area contributed by atoms with Gasteiger partial charge in [-0.2, -0.15) is 0 Å². The number of anilines is 3. The van der Waals surface area contributed by atoms with Crippen LogP contribution in [0.2, 0.25) is 0 Å². The highest BCUT2D eigenvalue weighted by Crippen LogP contribution is 2.30. The fourth-order valence-electron chi connectivity index (χ4n) is 4.55. The van der Waals surface area contributed by atoms with E-state index in [0.29, 0.717) is 18.5 Å². The van der Waals surface area contributed by atoms with E-state index in [2.05, 4.69) is 32.6 Å². The largest absolute Gasteiger partial charge is 0.381 e. The minimum absolute atomic E-state index is 0.160. The van der Waals surface area contributed by atoms with E-state index in [4.69, 9.17) is 4.74 Å². The first-order valence-corrected chi connectivity index (χ1v) is 11.0. The number of hydrogen-bond donors (Lipinski definition) is 2. The molecule has 2 atom stereocenters. The Morgan fingerprint density at radius 3 is 2.60 bits per heavy atom. The third-order valence-electron chi connectivity index (χ3n) is 6.25. The first-order valence-electron chi connectivity index (χ1n) is 11.0. The molecule has 0 spiro atoms. The summed E-state index contributed by atoms with van der Waals surface area (Å²) < 4.78 is 5.62. The van der Waals surface area contributed by atoms with Crippen molar-refractivity contribution in [3.8, 4) is 0 Å². The molecule has 2 aliphatic heterocycles. The van der Waals surface area contributed by atoms with Gasteiger partial charge in [-0.15, -0.1) is 0 Å². The van der Waals surface area contributed by atoms with E-state index in [1.807, 2.05) is 49.5 Å². The second-order valence-electron chi connectivity index (χ2n) is 8.18. The number of para-hydroxylation sites is 3. The van der Waals surface area contributed by atoms with Crippen molar-refractivity contribution < 1.29 is 9.53 Å². The Labute approximate surface area is 179 Å². The maximum atomic E-state index is 12.8. The van der Waals surface area contributed by atoms with Gasteiger partial charge in [0.2, 0.25) is 0 Å². The Bertz CT molecular complexity index is 801. The molecule has 0 bridgehead atoms. The molecule has 6 heteroatoms. The van der Waals surface area contributed by atoms with Crippen LogP contribution in [0.3, 0.4) is 0 Å². The van der Waals surface area contributed by atoms with Gasteiger partial charge in [-0.3, -0.25) is 4.90 Å². The number of carbonyl (C=O) groups excluding carboxylic acids is 1. The van der Waals surface area contributed by atoms with Crippen molar-refractivity contribution in [2.24, 2.45) is 5.92 Å². The van der Waals surface area contributed by atoms with Gasteiger partial charge in [0, 0.05) is 37.8 Å². The Morgan fingerprint density at radius 2 is 1.87 bits per heavy atom. The van der Waals surface area contributed by atoms with Gasteiger partial charge in [0.05, 0.1) is 18.0 Å². The van der Waals surface area contributed by atoms with Crippen LogP contribution in [0.5, 0.6) is 0 Å². The van der Waals surface area contributed by atoms with Crippen molar-refractivity contribution in [2.75, 3.05) is 50.1 Å². The molecule has 0 aliphatic carbocycles. The average Bonchev–Trinajstić information content (AvgIpc) is 3.50. The molecule has 160 valence electrons. The van der Waals surface area contributed by atoms with Gasteiger partial charge in [0.1, 0.15) is 0 Å². The Balaban J connectivity index is 1.40. The van der Waals surface area contributed by atoms with Gasteiger partial charge in [-0.05, 0) is 56.6 Å². The van der Waals surface area contributed by atoms with Crippen molar-refractivity contribution in [3.05, 3.63) is 54.6 Å². The fraction of sp³-hybridized carbons (Fsp3) is 0.458. The summed E-state index contributed by atoms with van der Waals surface area (Å²) in [5.74, 6) is 0.500. The first-order chi connectivity index (χ1) is 14.7. The molecule has 2 aromatic rings. The van der Waals surface area contributed by atoms with Gasteiger partial charge in [0.25, 0.3) is 0 Å². The topological polar surface area (TPSA) is 56.8 Å². The van der Waals surface area contributed by atoms with Crippen LogP contribution in [-0.4, -0.2) is 56.9 Å². The summed E-state index contributed by atoms with van der Waals surface area (Å²) in [5.41, 5.74) is 2.82. The molecule has 2 saturated heterocycles. The van der Waals surface area contributed by atoms with E-state index in [0.717, 1.165) is 49.8 Å². The van der Waals surface area contributed by atoms with Crippen LogP contribution in [0, 0.1) is 5.92 Å². The minimum Gasteiger partial charge on any atom is -0.381 e. The van der Waals surface area contributed by atoms with E-state index >= 15 is 0 Å². The molecule has 6 nitrogen and oxygen atoms in total. The molecule has 2 aromatic carbocycles. The minimum atomic E-state index is -0.160. The Kier molecular flexibility index (Phi) is 6.87. The zero-order chi connectivity index (χ0) is 20.8. The normalized spacial score (nSPS) is 20.1. The number of urea groups is 1. The molecule has 2 amide bonds. The van der Waals surface area contributed by atoms with Crippen molar-refractivity contribution in [3.63, 3.8) is 0 Å². The van der Waals surface area contributed by atoms with E-state index < -0.39 is 0 Å². The summed E-state index contributed by atoms with van der Waals surface area (Å²) in [4.78, 5) is 17.4. The summed E-state index contributed by atoms with van der Waals surface area (Å²) in [6.45, 7) is 4.52. The van der Waals surface area contributed by atoms with Crippen LogP contribution in [0.15, 0.2) is 54.6 Å². The Morgan fingerprint density at radius 1 is 1.13 bits per heavy atom. The van der Waals surface area contributed by atoms with Gasteiger partial charge in [-0.1, -0.05) is 30.3 Å². The van der Waals surface area contributed by atoms with Gasteiger partial charge >= 0.3 is 6.03 Å². The smallest absolute Gasteiger partial charge is 0.319 e. The lowest BCUT2D eigenvalue weighted by Gasteiger charge is -2.32. The number of ether oxygens (including phenoxy) is 1. The highest BCUT2D eigenvalue weighted by Gasteiger charge is 2.32. The van der Waals surface area contributed by atoms with Crippen LogP contribution in [0.4, 0.5) is 21.9 Å². The molecule has 0 saturated carbocycles. The van der Waals surface area contributed by atoms with Gasteiger partial charge in [0.15, 0.2) is 0 Å². The van der Waals surface area contributed by atoms with Crippen LogP contribution in [0.25, 0.3) is 0 Å². The van der Waals surface area contributed by atoms with E-state index in [9.17, 15) is 4.79 Å². The standard InChI is InChI=1S/C24H32N4O2/c1-27(20-9-3-2-4-10-20)22-12-6-5-11-21(22)26-24(29)25-17-23(19-13-16-30-18-19)28-14-7-8-15-28/h2-6,9-12,19,23H,7-8,13-18H2,1H3,(H2,25,26,29)/t19-,23-/m1/s1. The molecule has 2 fully saturated rings. The Hall–Kier alpha value is -2.57. The van der Waals surface area contributed by atoms with Crippen LogP contribution in [0.1, 0.15) is 19.3 Å². The molecular formula is C24H32N4O2. The van der Waals surface area contributed by atoms with Gasteiger partial charge in [-0.25, -0.2) is 4.79 Å².